The highest BCUT2D eigenvalue weighted by Gasteiger charge is 2.26. The van der Waals surface area contributed by atoms with Gasteiger partial charge in [0, 0.05) is 43.0 Å². The first-order valence-corrected chi connectivity index (χ1v) is 9.87. The van der Waals surface area contributed by atoms with Crippen molar-refractivity contribution in [3.63, 3.8) is 0 Å². The minimum Gasteiger partial charge on any atom is -0.361 e. The number of likely N-dealkylation sites (tertiary alicyclic amines) is 1. The van der Waals surface area contributed by atoms with E-state index < -0.39 is 0 Å². The normalized spacial score (nSPS) is 17.0. The maximum Gasteiger partial charge on any atom is 0.276 e. The van der Waals surface area contributed by atoms with Crippen molar-refractivity contribution < 1.29 is 9.32 Å². The van der Waals surface area contributed by atoms with Crippen LogP contribution in [-0.2, 0) is 6.42 Å². The molecule has 0 radical (unpaired) electrons. The molecule has 0 saturated carbocycles. The standard InChI is InChI=1S/C22H21N5O2/c28-22(17-7-6-16-8-10-24-19(16)13-17)27-11-3-4-15(14-27)12-20-25-21(29-26-20)18-5-1-2-9-23-18/h1-2,5-10,13,15,24H,3-4,11-12,14H2. The average Bonchev–Trinajstić information content (AvgIpc) is 3.43. The summed E-state index contributed by atoms with van der Waals surface area (Å²) in [5.41, 5.74) is 2.38. The number of carbonyl (C=O) groups is 1. The Morgan fingerprint density at radius 3 is 3.10 bits per heavy atom. The van der Waals surface area contributed by atoms with Crippen molar-refractivity contribution in [3.05, 3.63) is 66.2 Å². The van der Waals surface area contributed by atoms with E-state index >= 15 is 0 Å². The lowest BCUT2D eigenvalue weighted by atomic mass is 9.94. The predicted molar refractivity (Wildman–Crippen MR) is 108 cm³/mol. The molecule has 1 aromatic carbocycles. The highest BCUT2D eigenvalue weighted by Crippen LogP contribution is 2.24. The molecular formula is C22H21N5O2. The lowest BCUT2D eigenvalue weighted by Crippen LogP contribution is -2.40. The van der Waals surface area contributed by atoms with Crippen LogP contribution in [0.15, 0.2) is 59.4 Å². The fourth-order valence-electron chi connectivity index (χ4n) is 3.97. The Morgan fingerprint density at radius 2 is 2.21 bits per heavy atom. The number of nitrogens with zero attached hydrogens (tertiary/aromatic N) is 4. The third-order valence-electron chi connectivity index (χ3n) is 5.43. The Morgan fingerprint density at radius 1 is 1.24 bits per heavy atom. The summed E-state index contributed by atoms with van der Waals surface area (Å²) in [5, 5.41) is 5.22. The number of H-pyrrole nitrogens is 1. The molecule has 1 unspecified atom stereocenters. The third kappa shape index (κ3) is 3.63. The Balaban J connectivity index is 1.27. The molecule has 1 aliphatic rings. The molecule has 5 rings (SSSR count). The Kier molecular flexibility index (Phi) is 4.56. The first-order valence-electron chi connectivity index (χ1n) is 9.87. The van der Waals surface area contributed by atoms with E-state index in [0.717, 1.165) is 35.9 Å². The third-order valence-corrected chi connectivity index (χ3v) is 5.43. The van der Waals surface area contributed by atoms with Gasteiger partial charge in [0.2, 0.25) is 0 Å². The van der Waals surface area contributed by atoms with Crippen molar-refractivity contribution in [2.24, 2.45) is 5.92 Å². The molecule has 0 aliphatic carbocycles. The van der Waals surface area contributed by atoms with Crippen molar-refractivity contribution in [3.8, 4) is 11.6 Å². The summed E-state index contributed by atoms with van der Waals surface area (Å²) in [5.74, 6) is 1.49. The van der Waals surface area contributed by atoms with Crippen LogP contribution in [0.2, 0.25) is 0 Å². The molecule has 1 atom stereocenters. The maximum atomic E-state index is 13.0. The summed E-state index contributed by atoms with van der Waals surface area (Å²) >= 11 is 0. The topological polar surface area (TPSA) is 87.9 Å². The van der Waals surface area contributed by atoms with Crippen molar-refractivity contribution in [1.29, 1.82) is 0 Å². The van der Waals surface area contributed by atoms with Crippen molar-refractivity contribution >= 4 is 16.8 Å². The van der Waals surface area contributed by atoms with Crippen LogP contribution in [0.3, 0.4) is 0 Å². The van der Waals surface area contributed by atoms with Gasteiger partial charge in [0.05, 0.1) is 0 Å². The quantitative estimate of drug-likeness (QED) is 0.577. The molecular weight excluding hydrogens is 366 g/mol. The van der Waals surface area contributed by atoms with Gasteiger partial charge in [-0.05, 0) is 54.5 Å². The molecule has 29 heavy (non-hydrogen) atoms. The van der Waals surface area contributed by atoms with E-state index in [9.17, 15) is 4.79 Å². The van der Waals surface area contributed by atoms with Gasteiger partial charge in [-0.2, -0.15) is 4.98 Å². The number of fused-ring (bicyclic) bond motifs is 1. The summed E-state index contributed by atoms with van der Waals surface area (Å²) in [6.45, 7) is 1.48. The lowest BCUT2D eigenvalue weighted by molar-refractivity contribution is 0.0672. The number of benzene rings is 1. The number of piperidine rings is 1. The monoisotopic (exact) mass is 387 g/mol. The maximum absolute atomic E-state index is 13.0. The Labute approximate surface area is 167 Å². The number of aromatic nitrogens is 4. The van der Waals surface area contributed by atoms with Crippen molar-refractivity contribution in [2.45, 2.75) is 19.3 Å². The highest BCUT2D eigenvalue weighted by atomic mass is 16.5. The zero-order chi connectivity index (χ0) is 19.6. The van der Waals surface area contributed by atoms with E-state index in [1.807, 2.05) is 53.6 Å². The van der Waals surface area contributed by atoms with Crippen LogP contribution < -0.4 is 0 Å². The number of carbonyl (C=O) groups excluding carboxylic acids is 1. The average molecular weight is 387 g/mol. The van der Waals surface area contributed by atoms with Crippen LogP contribution in [0.5, 0.6) is 0 Å². The predicted octanol–water partition coefficient (Wildman–Crippen LogP) is 3.71. The molecule has 7 nitrogen and oxygen atoms in total. The number of rotatable bonds is 4. The van der Waals surface area contributed by atoms with Crippen LogP contribution in [0.4, 0.5) is 0 Å². The summed E-state index contributed by atoms with van der Waals surface area (Å²) in [6.07, 6.45) is 6.31. The zero-order valence-corrected chi connectivity index (χ0v) is 15.9. The molecule has 4 aromatic rings. The molecule has 7 heteroatoms. The van der Waals surface area contributed by atoms with Crippen molar-refractivity contribution in [1.82, 2.24) is 25.0 Å². The number of aromatic amines is 1. The van der Waals surface area contributed by atoms with Crippen LogP contribution in [0, 0.1) is 5.92 Å². The van der Waals surface area contributed by atoms with E-state index in [2.05, 4.69) is 20.1 Å². The molecule has 0 spiro atoms. The number of hydrogen-bond donors (Lipinski definition) is 1. The second kappa shape index (κ2) is 7.50. The van der Waals surface area contributed by atoms with E-state index in [1.165, 1.54) is 0 Å². The van der Waals surface area contributed by atoms with E-state index in [-0.39, 0.29) is 5.91 Å². The molecule has 1 aliphatic heterocycles. The van der Waals surface area contributed by atoms with Gasteiger partial charge in [0.1, 0.15) is 5.69 Å². The first-order chi connectivity index (χ1) is 14.3. The van der Waals surface area contributed by atoms with Gasteiger partial charge >= 0.3 is 0 Å². The van der Waals surface area contributed by atoms with Gasteiger partial charge in [0.25, 0.3) is 11.8 Å². The molecule has 1 fully saturated rings. The number of hydrogen-bond acceptors (Lipinski definition) is 5. The smallest absolute Gasteiger partial charge is 0.276 e. The van der Waals surface area contributed by atoms with Crippen molar-refractivity contribution in [2.75, 3.05) is 13.1 Å². The second-order valence-electron chi connectivity index (χ2n) is 7.47. The summed E-state index contributed by atoms with van der Waals surface area (Å²) in [7, 11) is 0. The molecule has 1 N–H and O–H groups in total. The summed E-state index contributed by atoms with van der Waals surface area (Å²) in [6, 6.07) is 13.4. The van der Waals surface area contributed by atoms with Gasteiger partial charge in [-0.25, -0.2) is 0 Å². The SMILES string of the molecule is O=C(c1ccc2cc[nH]c2c1)N1CCCC(Cc2noc(-c3ccccn3)n2)C1. The lowest BCUT2D eigenvalue weighted by Gasteiger charge is -2.32. The molecule has 1 saturated heterocycles. The second-order valence-corrected chi connectivity index (χ2v) is 7.47. The fraction of sp³-hybridized carbons (Fsp3) is 0.273. The highest BCUT2D eigenvalue weighted by molar-refractivity contribution is 5.98. The minimum atomic E-state index is 0.0773. The Bertz CT molecular complexity index is 1130. The molecule has 146 valence electrons. The minimum absolute atomic E-state index is 0.0773. The first kappa shape index (κ1) is 17.6. The zero-order valence-electron chi connectivity index (χ0n) is 15.9. The van der Waals surface area contributed by atoms with Gasteiger partial charge in [-0.1, -0.05) is 17.3 Å². The number of nitrogens with one attached hydrogen (secondary N) is 1. The van der Waals surface area contributed by atoms with Gasteiger partial charge < -0.3 is 14.4 Å². The molecule has 3 aromatic heterocycles. The molecule has 4 heterocycles. The largest absolute Gasteiger partial charge is 0.361 e. The summed E-state index contributed by atoms with van der Waals surface area (Å²) < 4.78 is 5.36. The van der Waals surface area contributed by atoms with Gasteiger partial charge in [-0.3, -0.25) is 9.78 Å². The number of amides is 1. The Hall–Kier alpha value is -3.48. The van der Waals surface area contributed by atoms with Crippen LogP contribution in [0.25, 0.3) is 22.5 Å². The summed E-state index contributed by atoms with van der Waals surface area (Å²) in [4.78, 5) is 26.8. The number of pyridine rings is 1. The molecule has 0 bridgehead atoms. The fourth-order valence-corrected chi connectivity index (χ4v) is 3.97. The van der Waals surface area contributed by atoms with Crippen LogP contribution in [0.1, 0.15) is 29.0 Å². The van der Waals surface area contributed by atoms with Gasteiger partial charge in [0.15, 0.2) is 5.82 Å². The van der Waals surface area contributed by atoms with E-state index in [1.54, 1.807) is 6.20 Å². The van der Waals surface area contributed by atoms with E-state index in [0.29, 0.717) is 36.3 Å². The van der Waals surface area contributed by atoms with Gasteiger partial charge in [-0.15, -0.1) is 0 Å². The molecule has 1 amide bonds. The van der Waals surface area contributed by atoms with Crippen LogP contribution >= 0.6 is 0 Å². The van der Waals surface area contributed by atoms with E-state index in [4.69, 9.17) is 4.52 Å². The van der Waals surface area contributed by atoms with Crippen LogP contribution in [-0.4, -0.2) is 44.0 Å².